The number of sulfonamides is 1. The number of hydrogen-bond donors (Lipinski definition) is 2. The Kier molecular flexibility index (Phi) is 4.65. The van der Waals surface area contributed by atoms with Gasteiger partial charge in [-0.05, 0) is 23.8 Å². The predicted octanol–water partition coefficient (Wildman–Crippen LogP) is 0.482. The summed E-state index contributed by atoms with van der Waals surface area (Å²) in [6.07, 6.45) is 0.254. The van der Waals surface area contributed by atoms with Gasteiger partial charge in [0.25, 0.3) is 0 Å². The molecular formula is C14H21N3O3S. The number of nitrogens with zero attached hydrogens (tertiary/aromatic N) is 1. The number of likely N-dealkylation sites (N-methyl/N-ethyl adjacent to an activating group) is 1. The predicted molar refractivity (Wildman–Crippen MR) is 81.9 cm³/mol. The van der Waals surface area contributed by atoms with Crippen LogP contribution in [0.5, 0.6) is 0 Å². The van der Waals surface area contributed by atoms with Crippen LogP contribution in [0.15, 0.2) is 23.1 Å². The summed E-state index contributed by atoms with van der Waals surface area (Å²) in [5.74, 6) is -0.0198. The lowest BCUT2D eigenvalue weighted by molar-refractivity contribution is -0.117. The van der Waals surface area contributed by atoms with Crippen molar-refractivity contribution in [2.75, 3.05) is 25.0 Å². The van der Waals surface area contributed by atoms with E-state index < -0.39 is 10.0 Å². The van der Waals surface area contributed by atoms with E-state index in [0.717, 1.165) is 11.3 Å². The zero-order valence-electron chi connectivity index (χ0n) is 12.5. The SMILES string of the molecule is CC(C)NCCNS(=O)(=O)c1ccc2c(c1)CC(=O)N2C. The van der Waals surface area contributed by atoms with Gasteiger partial charge in [0, 0.05) is 31.9 Å². The Hall–Kier alpha value is -1.44. The Morgan fingerprint density at radius 3 is 2.67 bits per heavy atom. The van der Waals surface area contributed by atoms with Crippen LogP contribution in [0.4, 0.5) is 5.69 Å². The number of benzene rings is 1. The highest BCUT2D eigenvalue weighted by Gasteiger charge is 2.26. The fraction of sp³-hybridized carbons (Fsp3) is 0.500. The van der Waals surface area contributed by atoms with Crippen molar-refractivity contribution in [1.29, 1.82) is 0 Å². The summed E-state index contributed by atoms with van der Waals surface area (Å²) >= 11 is 0. The van der Waals surface area contributed by atoms with Gasteiger partial charge in [0.1, 0.15) is 0 Å². The van der Waals surface area contributed by atoms with Gasteiger partial charge in [-0.3, -0.25) is 4.79 Å². The molecule has 1 aliphatic rings. The van der Waals surface area contributed by atoms with Gasteiger partial charge in [-0.15, -0.1) is 0 Å². The molecule has 0 saturated heterocycles. The third-order valence-electron chi connectivity index (χ3n) is 3.41. The van der Waals surface area contributed by atoms with Gasteiger partial charge in [-0.25, -0.2) is 13.1 Å². The maximum Gasteiger partial charge on any atom is 0.240 e. The van der Waals surface area contributed by atoms with Crippen molar-refractivity contribution in [3.63, 3.8) is 0 Å². The van der Waals surface area contributed by atoms with Crippen LogP contribution in [0.1, 0.15) is 19.4 Å². The second-order valence-corrected chi connectivity index (χ2v) is 7.19. The average molecular weight is 311 g/mol. The van der Waals surface area contributed by atoms with E-state index in [1.54, 1.807) is 24.1 Å². The topological polar surface area (TPSA) is 78.5 Å². The van der Waals surface area contributed by atoms with Crippen LogP contribution >= 0.6 is 0 Å². The monoisotopic (exact) mass is 311 g/mol. The van der Waals surface area contributed by atoms with Gasteiger partial charge in [0.05, 0.1) is 11.3 Å². The molecule has 0 aromatic heterocycles. The molecule has 21 heavy (non-hydrogen) atoms. The fourth-order valence-corrected chi connectivity index (χ4v) is 3.33. The summed E-state index contributed by atoms with van der Waals surface area (Å²) in [7, 11) is -1.84. The van der Waals surface area contributed by atoms with Gasteiger partial charge in [-0.2, -0.15) is 0 Å². The number of fused-ring (bicyclic) bond motifs is 1. The summed E-state index contributed by atoms with van der Waals surface area (Å²) in [5, 5.41) is 3.14. The third kappa shape index (κ3) is 3.61. The highest BCUT2D eigenvalue weighted by Crippen LogP contribution is 2.29. The van der Waals surface area contributed by atoms with E-state index in [0.29, 0.717) is 19.1 Å². The first-order valence-corrected chi connectivity index (χ1v) is 8.42. The normalized spacial score (nSPS) is 14.9. The quantitative estimate of drug-likeness (QED) is 0.749. The highest BCUT2D eigenvalue weighted by atomic mass is 32.2. The van der Waals surface area contributed by atoms with E-state index in [9.17, 15) is 13.2 Å². The summed E-state index contributed by atoms with van der Waals surface area (Å²) in [5.41, 5.74) is 1.53. The number of carbonyl (C=O) groups excluding carboxylic acids is 1. The minimum atomic E-state index is -3.53. The summed E-state index contributed by atoms with van der Waals surface area (Å²) in [4.78, 5) is 13.4. The van der Waals surface area contributed by atoms with Gasteiger partial charge in [-0.1, -0.05) is 13.8 Å². The Bertz CT molecular complexity index is 641. The van der Waals surface area contributed by atoms with Crippen LogP contribution in [-0.2, 0) is 21.2 Å². The van der Waals surface area contributed by atoms with Crippen molar-refractivity contribution >= 4 is 21.6 Å². The van der Waals surface area contributed by atoms with Crippen LogP contribution in [0.3, 0.4) is 0 Å². The second-order valence-electron chi connectivity index (χ2n) is 5.43. The molecule has 0 unspecified atom stereocenters. The first kappa shape index (κ1) is 15.9. The maximum atomic E-state index is 12.2. The van der Waals surface area contributed by atoms with E-state index in [1.165, 1.54) is 6.07 Å². The molecule has 1 aliphatic heterocycles. The van der Waals surface area contributed by atoms with E-state index in [1.807, 2.05) is 13.8 Å². The molecule has 2 N–H and O–H groups in total. The van der Waals surface area contributed by atoms with Gasteiger partial charge >= 0.3 is 0 Å². The Labute approximate surface area is 125 Å². The molecule has 6 nitrogen and oxygen atoms in total. The van der Waals surface area contributed by atoms with Crippen molar-refractivity contribution < 1.29 is 13.2 Å². The molecule has 0 bridgehead atoms. The summed E-state index contributed by atoms with van der Waals surface area (Å²) in [6, 6.07) is 5.11. The summed E-state index contributed by atoms with van der Waals surface area (Å²) < 4.78 is 27.0. The van der Waals surface area contributed by atoms with Gasteiger partial charge < -0.3 is 10.2 Å². The molecule has 116 valence electrons. The fourth-order valence-electron chi connectivity index (χ4n) is 2.24. The number of nitrogens with one attached hydrogen (secondary N) is 2. The Morgan fingerprint density at radius 1 is 1.29 bits per heavy atom. The number of carbonyl (C=O) groups is 1. The molecule has 1 aromatic carbocycles. The second kappa shape index (κ2) is 6.13. The molecule has 0 radical (unpaired) electrons. The smallest absolute Gasteiger partial charge is 0.240 e. The number of amides is 1. The molecule has 0 fully saturated rings. The van der Waals surface area contributed by atoms with E-state index in [4.69, 9.17) is 0 Å². The first-order valence-electron chi connectivity index (χ1n) is 6.94. The van der Waals surface area contributed by atoms with Gasteiger partial charge in [0.15, 0.2) is 0 Å². The van der Waals surface area contributed by atoms with E-state index in [-0.39, 0.29) is 17.2 Å². The average Bonchev–Trinajstić information content (AvgIpc) is 2.70. The molecule has 1 aromatic rings. The Morgan fingerprint density at radius 2 is 2.00 bits per heavy atom. The lowest BCUT2D eigenvalue weighted by Crippen LogP contribution is -2.34. The van der Waals surface area contributed by atoms with Gasteiger partial charge in [0.2, 0.25) is 15.9 Å². The van der Waals surface area contributed by atoms with Crippen molar-refractivity contribution in [1.82, 2.24) is 10.0 Å². The molecule has 0 aliphatic carbocycles. The molecule has 2 rings (SSSR count). The maximum absolute atomic E-state index is 12.2. The first-order chi connectivity index (χ1) is 9.81. The number of rotatable bonds is 6. The molecule has 1 heterocycles. The molecule has 0 saturated carbocycles. The molecule has 7 heteroatoms. The summed E-state index contributed by atoms with van der Waals surface area (Å²) in [6.45, 7) is 4.91. The Balaban J connectivity index is 2.08. The van der Waals surface area contributed by atoms with Crippen LogP contribution in [0.25, 0.3) is 0 Å². The molecule has 1 amide bonds. The number of anilines is 1. The third-order valence-corrected chi connectivity index (χ3v) is 4.87. The van der Waals surface area contributed by atoms with Crippen molar-refractivity contribution in [2.24, 2.45) is 0 Å². The largest absolute Gasteiger partial charge is 0.315 e. The van der Waals surface area contributed by atoms with E-state index >= 15 is 0 Å². The van der Waals surface area contributed by atoms with E-state index in [2.05, 4.69) is 10.0 Å². The van der Waals surface area contributed by atoms with Crippen molar-refractivity contribution in [3.8, 4) is 0 Å². The highest BCUT2D eigenvalue weighted by molar-refractivity contribution is 7.89. The minimum Gasteiger partial charge on any atom is -0.315 e. The molecule has 0 spiro atoms. The lowest BCUT2D eigenvalue weighted by Gasteiger charge is -2.12. The zero-order chi connectivity index (χ0) is 15.6. The lowest BCUT2D eigenvalue weighted by atomic mass is 10.2. The molecule has 0 atom stereocenters. The zero-order valence-corrected chi connectivity index (χ0v) is 13.3. The standard InChI is InChI=1S/C14H21N3O3S/c1-10(2)15-6-7-16-21(19,20)12-4-5-13-11(8-12)9-14(18)17(13)3/h4-5,8,10,15-16H,6-7,9H2,1-3H3. The van der Waals surface area contributed by atoms with Crippen LogP contribution in [0, 0.1) is 0 Å². The van der Waals surface area contributed by atoms with Crippen LogP contribution in [-0.4, -0.2) is 40.5 Å². The van der Waals surface area contributed by atoms with Crippen LogP contribution in [0.2, 0.25) is 0 Å². The minimum absolute atomic E-state index is 0.0198. The van der Waals surface area contributed by atoms with Crippen molar-refractivity contribution in [2.45, 2.75) is 31.2 Å². The van der Waals surface area contributed by atoms with Crippen molar-refractivity contribution in [3.05, 3.63) is 23.8 Å². The number of hydrogen-bond acceptors (Lipinski definition) is 4. The van der Waals surface area contributed by atoms with Crippen LogP contribution < -0.4 is 14.9 Å². The molecular weight excluding hydrogens is 290 g/mol.